The van der Waals surface area contributed by atoms with E-state index in [0.717, 1.165) is 4.88 Å². The second kappa shape index (κ2) is 7.66. The van der Waals surface area contributed by atoms with Crippen LogP contribution in [0.5, 0.6) is 0 Å². The zero-order valence-electron chi connectivity index (χ0n) is 13.0. The van der Waals surface area contributed by atoms with Crippen LogP contribution in [-0.2, 0) is 16.8 Å². The van der Waals surface area contributed by atoms with Crippen molar-refractivity contribution in [2.24, 2.45) is 0 Å². The minimum atomic E-state index is -1.32. The zero-order valence-corrected chi connectivity index (χ0v) is 15.4. The normalized spacial score (nSPS) is 13.4. The van der Waals surface area contributed by atoms with Crippen LogP contribution in [0.15, 0.2) is 52.5 Å². The van der Waals surface area contributed by atoms with Crippen molar-refractivity contribution in [3.63, 3.8) is 0 Å². The first-order chi connectivity index (χ1) is 12.0. The van der Waals surface area contributed by atoms with Crippen molar-refractivity contribution < 1.29 is 14.3 Å². The quantitative estimate of drug-likeness (QED) is 0.657. The van der Waals surface area contributed by atoms with Crippen LogP contribution in [0.3, 0.4) is 0 Å². The Balaban J connectivity index is 1.75. The SMILES string of the molecule is O=C(Cc1c(F)cccc1Cl)NC[C@@](O)(c1ccsc1)c1cccs1. The van der Waals surface area contributed by atoms with Gasteiger partial charge in [-0.1, -0.05) is 23.7 Å². The van der Waals surface area contributed by atoms with Gasteiger partial charge in [-0.15, -0.1) is 11.3 Å². The topological polar surface area (TPSA) is 49.3 Å². The highest BCUT2D eigenvalue weighted by molar-refractivity contribution is 7.10. The molecule has 0 saturated heterocycles. The fraction of sp³-hybridized carbons (Fsp3) is 0.167. The Morgan fingerprint density at radius 2 is 2.08 bits per heavy atom. The minimum absolute atomic E-state index is 0.00481. The summed E-state index contributed by atoms with van der Waals surface area (Å²) >= 11 is 8.84. The van der Waals surface area contributed by atoms with Crippen LogP contribution < -0.4 is 5.32 Å². The molecule has 3 aromatic rings. The van der Waals surface area contributed by atoms with Crippen molar-refractivity contribution in [2.45, 2.75) is 12.0 Å². The van der Waals surface area contributed by atoms with E-state index >= 15 is 0 Å². The molecule has 0 aliphatic rings. The molecule has 0 saturated carbocycles. The van der Waals surface area contributed by atoms with E-state index in [0.29, 0.717) is 5.56 Å². The minimum Gasteiger partial charge on any atom is -0.378 e. The van der Waals surface area contributed by atoms with Crippen LogP contribution in [0.2, 0.25) is 5.02 Å². The van der Waals surface area contributed by atoms with Gasteiger partial charge >= 0.3 is 0 Å². The molecule has 3 rings (SSSR count). The summed E-state index contributed by atoms with van der Waals surface area (Å²) in [7, 11) is 0. The Hall–Kier alpha value is -1.73. The Labute approximate surface area is 157 Å². The molecule has 130 valence electrons. The van der Waals surface area contributed by atoms with Crippen LogP contribution in [-0.4, -0.2) is 17.6 Å². The van der Waals surface area contributed by atoms with Gasteiger partial charge in [0.25, 0.3) is 0 Å². The molecule has 25 heavy (non-hydrogen) atoms. The van der Waals surface area contributed by atoms with E-state index in [4.69, 9.17) is 11.6 Å². The van der Waals surface area contributed by atoms with Crippen LogP contribution in [0, 0.1) is 5.82 Å². The highest BCUT2D eigenvalue weighted by Gasteiger charge is 2.33. The number of carbonyl (C=O) groups excluding carboxylic acids is 1. The fourth-order valence-corrected chi connectivity index (χ4v) is 4.30. The Kier molecular flexibility index (Phi) is 5.54. The van der Waals surface area contributed by atoms with Crippen molar-refractivity contribution in [1.29, 1.82) is 0 Å². The third kappa shape index (κ3) is 3.93. The summed E-state index contributed by atoms with van der Waals surface area (Å²) in [6.45, 7) is -0.00481. The Bertz CT molecular complexity index is 796. The number of amides is 1. The number of aliphatic hydroxyl groups is 1. The predicted molar refractivity (Wildman–Crippen MR) is 99.8 cm³/mol. The predicted octanol–water partition coefficient (Wildman–Crippen LogP) is 4.20. The molecule has 0 aliphatic heterocycles. The van der Waals surface area contributed by atoms with Crippen molar-refractivity contribution in [1.82, 2.24) is 5.32 Å². The molecule has 2 heterocycles. The van der Waals surface area contributed by atoms with E-state index in [1.54, 1.807) is 6.07 Å². The number of nitrogens with one attached hydrogen (secondary N) is 1. The summed E-state index contributed by atoms with van der Waals surface area (Å²) in [5.41, 5.74) is -0.455. The highest BCUT2D eigenvalue weighted by atomic mass is 35.5. The van der Waals surface area contributed by atoms with E-state index in [2.05, 4.69) is 5.32 Å². The molecular formula is C18H15ClFNO2S2. The lowest BCUT2D eigenvalue weighted by molar-refractivity contribution is -0.121. The second-order valence-electron chi connectivity index (χ2n) is 5.50. The van der Waals surface area contributed by atoms with Crippen LogP contribution in [0.1, 0.15) is 16.0 Å². The fourth-order valence-electron chi connectivity index (χ4n) is 2.50. The first-order valence-corrected chi connectivity index (χ1v) is 9.69. The molecule has 0 unspecified atom stereocenters. The lowest BCUT2D eigenvalue weighted by Gasteiger charge is -2.27. The van der Waals surface area contributed by atoms with Gasteiger partial charge in [0.15, 0.2) is 0 Å². The third-order valence-electron chi connectivity index (χ3n) is 3.87. The van der Waals surface area contributed by atoms with Gasteiger partial charge in [-0.25, -0.2) is 4.39 Å². The van der Waals surface area contributed by atoms with Gasteiger partial charge in [0.2, 0.25) is 5.91 Å². The molecule has 0 aliphatic carbocycles. The summed E-state index contributed by atoms with van der Waals surface area (Å²) in [4.78, 5) is 13.0. The van der Waals surface area contributed by atoms with Crippen LogP contribution in [0.4, 0.5) is 4.39 Å². The summed E-state index contributed by atoms with van der Waals surface area (Å²) in [6.07, 6.45) is -0.185. The van der Waals surface area contributed by atoms with E-state index in [9.17, 15) is 14.3 Å². The van der Waals surface area contributed by atoms with E-state index in [1.807, 2.05) is 34.3 Å². The Morgan fingerprint density at radius 3 is 2.72 bits per heavy atom. The Morgan fingerprint density at radius 1 is 1.24 bits per heavy atom. The lowest BCUT2D eigenvalue weighted by atomic mass is 9.94. The molecule has 0 radical (unpaired) electrons. The maximum atomic E-state index is 13.8. The summed E-state index contributed by atoms with van der Waals surface area (Å²) in [5, 5.41) is 19.7. The van der Waals surface area contributed by atoms with Gasteiger partial charge in [0.05, 0.1) is 13.0 Å². The molecule has 2 N–H and O–H groups in total. The standard InChI is InChI=1S/C18H15ClFNO2S2/c19-14-3-1-4-15(20)13(14)9-17(22)21-11-18(23,12-6-8-24-10-12)16-5-2-7-25-16/h1-8,10,23H,9,11H2,(H,21,22)/t18-/m1/s1. The number of rotatable bonds is 6. The van der Waals surface area contributed by atoms with E-state index in [1.165, 1.54) is 34.8 Å². The molecule has 7 heteroatoms. The van der Waals surface area contributed by atoms with Crippen LogP contribution in [0.25, 0.3) is 0 Å². The van der Waals surface area contributed by atoms with Gasteiger partial charge in [-0.3, -0.25) is 4.79 Å². The smallest absolute Gasteiger partial charge is 0.224 e. The molecule has 1 amide bonds. The van der Waals surface area contributed by atoms with Crippen molar-refractivity contribution in [3.8, 4) is 0 Å². The van der Waals surface area contributed by atoms with E-state index < -0.39 is 17.3 Å². The van der Waals surface area contributed by atoms with Gasteiger partial charge in [-0.2, -0.15) is 11.3 Å². The number of carbonyl (C=O) groups is 1. The number of hydrogen-bond acceptors (Lipinski definition) is 4. The maximum Gasteiger partial charge on any atom is 0.224 e. The number of thiophene rings is 2. The van der Waals surface area contributed by atoms with Gasteiger partial charge < -0.3 is 10.4 Å². The summed E-state index contributed by atoms with van der Waals surface area (Å²) < 4.78 is 13.8. The number of hydrogen-bond donors (Lipinski definition) is 2. The lowest BCUT2D eigenvalue weighted by Crippen LogP contribution is -2.41. The molecule has 3 nitrogen and oxygen atoms in total. The largest absolute Gasteiger partial charge is 0.378 e. The summed E-state index contributed by atoms with van der Waals surface area (Å²) in [6, 6.07) is 9.79. The van der Waals surface area contributed by atoms with Crippen molar-refractivity contribution in [2.75, 3.05) is 6.54 Å². The van der Waals surface area contributed by atoms with Gasteiger partial charge in [0, 0.05) is 21.0 Å². The van der Waals surface area contributed by atoms with Crippen molar-refractivity contribution >= 4 is 40.2 Å². The molecular weight excluding hydrogens is 381 g/mol. The molecule has 0 spiro atoms. The van der Waals surface area contributed by atoms with Crippen LogP contribution >= 0.6 is 34.3 Å². The van der Waals surface area contributed by atoms with Crippen molar-refractivity contribution in [3.05, 3.63) is 79.4 Å². The molecule has 0 bridgehead atoms. The van der Waals surface area contributed by atoms with Gasteiger partial charge in [-0.05, 0) is 40.4 Å². The summed E-state index contributed by atoms with van der Waals surface area (Å²) in [5.74, 6) is -0.925. The monoisotopic (exact) mass is 395 g/mol. The zero-order chi connectivity index (χ0) is 17.9. The first-order valence-electron chi connectivity index (χ1n) is 7.49. The highest BCUT2D eigenvalue weighted by Crippen LogP contribution is 2.33. The molecule has 2 aromatic heterocycles. The molecule has 0 fully saturated rings. The number of halogens is 2. The average Bonchev–Trinajstić information content (AvgIpc) is 3.30. The second-order valence-corrected chi connectivity index (χ2v) is 7.64. The molecule has 1 atom stereocenters. The maximum absolute atomic E-state index is 13.8. The average molecular weight is 396 g/mol. The molecule has 1 aromatic carbocycles. The third-order valence-corrected chi connectivity index (χ3v) is 5.93. The first kappa shape index (κ1) is 18.1. The number of benzene rings is 1. The van der Waals surface area contributed by atoms with E-state index in [-0.39, 0.29) is 23.6 Å². The van der Waals surface area contributed by atoms with Gasteiger partial charge in [0.1, 0.15) is 11.4 Å².